The van der Waals surface area contributed by atoms with Gasteiger partial charge < -0.3 is 4.74 Å². The molecule has 0 radical (unpaired) electrons. The van der Waals surface area contributed by atoms with Gasteiger partial charge in [-0.05, 0) is 17.4 Å². The predicted octanol–water partition coefficient (Wildman–Crippen LogP) is 1.79. The van der Waals surface area contributed by atoms with E-state index in [9.17, 15) is 0 Å². The SMILES string of the molecule is COC(C(C)C)C(Cc1cccs1)NN. The van der Waals surface area contributed by atoms with Crippen LogP contribution in [-0.2, 0) is 11.2 Å². The van der Waals surface area contributed by atoms with Crippen molar-refractivity contribution in [3.8, 4) is 0 Å². The molecule has 1 aromatic rings. The van der Waals surface area contributed by atoms with Crippen molar-refractivity contribution >= 4 is 11.3 Å². The highest BCUT2D eigenvalue weighted by atomic mass is 32.1. The molecule has 0 saturated carbocycles. The summed E-state index contributed by atoms with van der Waals surface area (Å²) in [4.78, 5) is 1.33. The maximum atomic E-state index is 5.58. The van der Waals surface area contributed by atoms with Crippen molar-refractivity contribution in [2.45, 2.75) is 32.4 Å². The van der Waals surface area contributed by atoms with Gasteiger partial charge in [0.15, 0.2) is 0 Å². The summed E-state index contributed by atoms with van der Waals surface area (Å²) in [6.45, 7) is 4.29. The topological polar surface area (TPSA) is 47.3 Å². The summed E-state index contributed by atoms with van der Waals surface area (Å²) in [7, 11) is 1.74. The third-order valence-corrected chi connectivity index (χ3v) is 3.44. The minimum Gasteiger partial charge on any atom is -0.380 e. The number of hydrazine groups is 1. The smallest absolute Gasteiger partial charge is 0.0764 e. The van der Waals surface area contributed by atoms with E-state index in [2.05, 4.69) is 36.8 Å². The molecule has 0 aliphatic rings. The van der Waals surface area contributed by atoms with E-state index < -0.39 is 0 Å². The Labute approximate surface area is 95.6 Å². The van der Waals surface area contributed by atoms with Crippen molar-refractivity contribution in [1.29, 1.82) is 0 Å². The van der Waals surface area contributed by atoms with Gasteiger partial charge in [0.05, 0.1) is 12.1 Å². The summed E-state index contributed by atoms with van der Waals surface area (Å²) < 4.78 is 5.48. The third-order valence-electron chi connectivity index (χ3n) is 2.54. The van der Waals surface area contributed by atoms with Crippen LogP contribution in [0, 0.1) is 5.92 Å². The number of nitrogens with one attached hydrogen (secondary N) is 1. The summed E-state index contributed by atoms with van der Waals surface area (Å²) in [5.74, 6) is 6.03. The minimum absolute atomic E-state index is 0.150. The monoisotopic (exact) mass is 228 g/mol. The summed E-state index contributed by atoms with van der Waals surface area (Å²) >= 11 is 1.76. The van der Waals surface area contributed by atoms with Crippen LogP contribution < -0.4 is 11.3 Å². The van der Waals surface area contributed by atoms with Gasteiger partial charge in [-0.3, -0.25) is 11.3 Å². The number of thiophene rings is 1. The second-order valence-electron chi connectivity index (χ2n) is 4.00. The van der Waals surface area contributed by atoms with Gasteiger partial charge in [0.25, 0.3) is 0 Å². The van der Waals surface area contributed by atoms with Crippen LogP contribution in [0.5, 0.6) is 0 Å². The molecule has 0 bridgehead atoms. The lowest BCUT2D eigenvalue weighted by atomic mass is 9.97. The Morgan fingerprint density at radius 2 is 2.27 bits per heavy atom. The first kappa shape index (κ1) is 12.6. The number of methoxy groups -OCH3 is 1. The Kier molecular flexibility index (Phi) is 5.25. The Balaban J connectivity index is 2.61. The number of nitrogens with two attached hydrogens (primary N) is 1. The summed E-state index contributed by atoms with van der Waals surface area (Å²) in [6, 6.07) is 4.36. The molecule has 0 spiro atoms. The van der Waals surface area contributed by atoms with Crippen molar-refractivity contribution < 1.29 is 4.74 Å². The molecule has 3 nitrogen and oxygen atoms in total. The lowest BCUT2D eigenvalue weighted by Gasteiger charge is -2.28. The van der Waals surface area contributed by atoms with E-state index in [4.69, 9.17) is 10.6 Å². The van der Waals surface area contributed by atoms with Crippen molar-refractivity contribution in [2.75, 3.05) is 7.11 Å². The van der Waals surface area contributed by atoms with Gasteiger partial charge in [-0.25, -0.2) is 0 Å². The van der Waals surface area contributed by atoms with Crippen LogP contribution in [0.3, 0.4) is 0 Å². The van der Waals surface area contributed by atoms with Gasteiger partial charge in [0.1, 0.15) is 0 Å². The molecule has 2 atom stereocenters. The summed E-state index contributed by atoms with van der Waals surface area (Å²) in [5, 5.41) is 2.08. The van der Waals surface area contributed by atoms with Gasteiger partial charge in [-0.1, -0.05) is 19.9 Å². The fourth-order valence-electron chi connectivity index (χ4n) is 1.82. The van der Waals surface area contributed by atoms with Gasteiger partial charge in [0, 0.05) is 18.4 Å². The maximum absolute atomic E-state index is 5.58. The van der Waals surface area contributed by atoms with Crippen LogP contribution in [0.25, 0.3) is 0 Å². The minimum atomic E-state index is 0.150. The normalized spacial score (nSPS) is 15.5. The molecule has 86 valence electrons. The first-order chi connectivity index (χ1) is 7.19. The van der Waals surface area contributed by atoms with Crippen LogP contribution in [0.4, 0.5) is 0 Å². The lowest BCUT2D eigenvalue weighted by Crippen LogP contribution is -2.48. The fraction of sp³-hybridized carbons (Fsp3) is 0.636. The molecule has 3 N–H and O–H groups in total. The quantitative estimate of drug-likeness (QED) is 0.576. The average molecular weight is 228 g/mol. The summed E-state index contributed by atoms with van der Waals surface area (Å²) in [6.07, 6.45) is 1.07. The van der Waals surface area contributed by atoms with E-state index in [1.165, 1.54) is 4.88 Å². The van der Waals surface area contributed by atoms with E-state index >= 15 is 0 Å². The molecule has 1 heterocycles. The molecule has 0 aliphatic heterocycles. The van der Waals surface area contributed by atoms with Gasteiger partial charge in [-0.15, -0.1) is 11.3 Å². The zero-order chi connectivity index (χ0) is 11.3. The second-order valence-corrected chi connectivity index (χ2v) is 5.03. The standard InChI is InChI=1S/C11H20N2OS/c1-8(2)11(14-3)10(13-12)7-9-5-4-6-15-9/h4-6,8,10-11,13H,7,12H2,1-3H3. The predicted molar refractivity (Wildman–Crippen MR) is 64.8 cm³/mol. The van der Waals surface area contributed by atoms with Gasteiger partial charge >= 0.3 is 0 Å². The van der Waals surface area contributed by atoms with Crippen molar-refractivity contribution in [1.82, 2.24) is 5.43 Å². The van der Waals surface area contributed by atoms with Gasteiger partial charge in [-0.2, -0.15) is 0 Å². The number of hydrogen-bond donors (Lipinski definition) is 2. The van der Waals surface area contributed by atoms with E-state index in [0.29, 0.717) is 5.92 Å². The number of rotatable bonds is 6. The maximum Gasteiger partial charge on any atom is 0.0764 e. The molecule has 15 heavy (non-hydrogen) atoms. The molecule has 4 heteroatoms. The molecule has 1 aromatic heterocycles. The molecular weight excluding hydrogens is 208 g/mol. The van der Waals surface area contributed by atoms with E-state index in [-0.39, 0.29) is 12.1 Å². The van der Waals surface area contributed by atoms with Crippen LogP contribution in [0.2, 0.25) is 0 Å². The lowest BCUT2D eigenvalue weighted by molar-refractivity contribution is 0.0334. The second kappa shape index (κ2) is 6.23. The van der Waals surface area contributed by atoms with E-state index in [1.807, 2.05) is 0 Å². The fourth-order valence-corrected chi connectivity index (χ4v) is 2.58. The molecule has 0 fully saturated rings. The Hall–Kier alpha value is -0.420. The number of hydrogen-bond acceptors (Lipinski definition) is 4. The third kappa shape index (κ3) is 3.57. The van der Waals surface area contributed by atoms with Gasteiger partial charge in [0.2, 0.25) is 0 Å². The van der Waals surface area contributed by atoms with Crippen LogP contribution in [0.1, 0.15) is 18.7 Å². The first-order valence-electron chi connectivity index (χ1n) is 5.20. The van der Waals surface area contributed by atoms with Crippen LogP contribution >= 0.6 is 11.3 Å². The average Bonchev–Trinajstić information content (AvgIpc) is 2.69. The van der Waals surface area contributed by atoms with E-state index in [1.54, 1.807) is 18.4 Å². The summed E-state index contributed by atoms with van der Waals surface area (Å²) in [5.41, 5.74) is 2.85. The molecule has 0 aliphatic carbocycles. The first-order valence-corrected chi connectivity index (χ1v) is 6.08. The zero-order valence-electron chi connectivity index (χ0n) is 9.57. The molecule has 2 unspecified atom stereocenters. The Morgan fingerprint density at radius 1 is 1.53 bits per heavy atom. The molecule has 1 rings (SSSR count). The van der Waals surface area contributed by atoms with E-state index in [0.717, 1.165) is 6.42 Å². The molecule has 0 saturated heterocycles. The van der Waals surface area contributed by atoms with Crippen molar-refractivity contribution in [3.05, 3.63) is 22.4 Å². The van der Waals surface area contributed by atoms with Crippen molar-refractivity contribution in [3.63, 3.8) is 0 Å². The molecule has 0 aromatic carbocycles. The van der Waals surface area contributed by atoms with Crippen molar-refractivity contribution in [2.24, 2.45) is 11.8 Å². The van der Waals surface area contributed by atoms with Crippen LogP contribution in [0.15, 0.2) is 17.5 Å². The Bertz CT molecular complexity index is 262. The highest BCUT2D eigenvalue weighted by molar-refractivity contribution is 7.09. The largest absolute Gasteiger partial charge is 0.380 e. The van der Waals surface area contributed by atoms with Crippen LogP contribution in [-0.4, -0.2) is 19.3 Å². The Morgan fingerprint density at radius 3 is 2.67 bits per heavy atom. The highest BCUT2D eigenvalue weighted by Gasteiger charge is 2.23. The highest BCUT2D eigenvalue weighted by Crippen LogP contribution is 2.17. The molecular formula is C11H20N2OS. The molecule has 0 amide bonds. The number of ether oxygens (including phenoxy) is 1. The zero-order valence-corrected chi connectivity index (χ0v) is 10.4.